The van der Waals surface area contributed by atoms with Crippen molar-refractivity contribution in [2.24, 2.45) is 0 Å². The second-order valence-corrected chi connectivity index (χ2v) is 3.65. The fourth-order valence-electron chi connectivity index (χ4n) is 1.40. The van der Waals surface area contributed by atoms with Crippen LogP contribution in [0.2, 0.25) is 0 Å². The van der Waals surface area contributed by atoms with Gasteiger partial charge in [0.1, 0.15) is 5.75 Å². The highest BCUT2D eigenvalue weighted by atomic mass is 16.5. The van der Waals surface area contributed by atoms with Gasteiger partial charge in [-0.1, -0.05) is 0 Å². The third kappa shape index (κ3) is 3.14. The predicted molar refractivity (Wildman–Crippen MR) is 66.0 cm³/mol. The summed E-state index contributed by atoms with van der Waals surface area (Å²) in [7, 11) is 2.92. The highest BCUT2D eigenvalue weighted by molar-refractivity contribution is 5.85. The van der Waals surface area contributed by atoms with Crippen molar-refractivity contribution in [3.63, 3.8) is 0 Å². The molecule has 1 aromatic heterocycles. The summed E-state index contributed by atoms with van der Waals surface area (Å²) in [6.07, 6.45) is 0. The summed E-state index contributed by atoms with van der Waals surface area (Å²) in [6, 6.07) is 7.21. The van der Waals surface area contributed by atoms with Crippen LogP contribution in [0.4, 0.5) is 0 Å². The number of hydrogen-bond acceptors (Lipinski definition) is 7. The number of aromatic carboxylic acids is 1. The summed E-state index contributed by atoms with van der Waals surface area (Å²) < 4.78 is 15.4. The van der Waals surface area contributed by atoms with Gasteiger partial charge >= 0.3 is 6.01 Å². The SMILES string of the molecule is COc1cc(OC)nc(Oc2ccc(C(=O)[O-])cc2)n1. The minimum Gasteiger partial charge on any atom is -0.545 e. The number of hydrogen-bond donors (Lipinski definition) is 0. The van der Waals surface area contributed by atoms with Crippen LogP contribution >= 0.6 is 0 Å². The van der Waals surface area contributed by atoms with Gasteiger partial charge in [0.05, 0.1) is 26.3 Å². The number of carboxylic acids is 1. The van der Waals surface area contributed by atoms with Crippen LogP contribution in [0, 0.1) is 0 Å². The van der Waals surface area contributed by atoms with Gasteiger partial charge in [-0.2, -0.15) is 9.97 Å². The molecule has 0 unspecified atom stereocenters. The van der Waals surface area contributed by atoms with Crippen LogP contribution in [0.3, 0.4) is 0 Å². The molecule has 20 heavy (non-hydrogen) atoms. The third-order valence-electron chi connectivity index (χ3n) is 2.38. The summed E-state index contributed by atoms with van der Waals surface area (Å²) in [5, 5.41) is 10.6. The van der Waals surface area contributed by atoms with Crippen molar-refractivity contribution in [1.29, 1.82) is 0 Å². The molecular weight excluding hydrogens is 264 g/mol. The van der Waals surface area contributed by atoms with Crippen LogP contribution in [-0.2, 0) is 0 Å². The number of carboxylic acid groups (broad SMARTS) is 1. The van der Waals surface area contributed by atoms with Gasteiger partial charge in [0.2, 0.25) is 11.8 Å². The monoisotopic (exact) mass is 275 g/mol. The van der Waals surface area contributed by atoms with Crippen molar-refractivity contribution >= 4 is 5.97 Å². The van der Waals surface area contributed by atoms with Crippen LogP contribution in [0.5, 0.6) is 23.5 Å². The van der Waals surface area contributed by atoms with E-state index in [-0.39, 0.29) is 11.6 Å². The Kier molecular flexibility index (Phi) is 3.99. The molecule has 2 rings (SSSR count). The maximum Gasteiger partial charge on any atom is 0.328 e. The van der Waals surface area contributed by atoms with Crippen molar-refractivity contribution in [3.8, 4) is 23.5 Å². The van der Waals surface area contributed by atoms with E-state index in [0.29, 0.717) is 17.5 Å². The van der Waals surface area contributed by atoms with Gasteiger partial charge in [-0.15, -0.1) is 0 Å². The molecule has 1 heterocycles. The Morgan fingerprint density at radius 1 is 1.05 bits per heavy atom. The van der Waals surface area contributed by atoms with E-state index in [2.05, 4.69) is 9.97 Å². The molecular formula is C13H11N2O5-. The molecule has 0 aliphatic rings. The zero-order valence-corrected chi connectivity index (χ0v) is 10.8. The van der Waals surface area contributed by atoms with Crippen molar-refractivity contribution < 1.29 is 24.1 Å². The number of ether oxygens (including phenoxy) is 3. The second kappa shape index (κ2) is 5.87. The summed E-state index contributed by atoms with van der Waals surface area (Å²) in [5.41, 5.74) is 0.0569. The van der Waals surface area contributed by atoms with E-state index < -0.39 is 5.97 Å². The molecule has 104 valence electrons. The molecule has 2 aromatic rings. The normalized spacial score (nSPS) is 9.90. The molecule has 0 saturated heterocycles. The minimum atomic E-state index is -1.25. The van der Waals surface area contributed by atoms with E-state index in [9.17, 15) is 9.90 Å². The van der Waals surface area contributed by atoms with Crippen LogP contribution < -0.4 is 19.3 Å². The van der Waals surface area contributed by atoms with Gasteiger partial charge in [0.25, 0.3) is 0 Å². The van der Waals surface area contributed by atoms with Gasteiger partial charge < -0.3 is 24.1 Å². The van der Waals surface area contributed by atoms with E-state index in [1.54, 1.807) is 0 Å². The number of carbonyl (C=O) groups excluding carboxylic acids is 1. The molecule has 0 aliphatic heterocycles. The Labute approximate surface area is 114 Å². The largest absolute Gasteiger partial charge is 0.545 e. The van der Waals surface area contributed by atoms with Crippen molar-refractivity contribution in [2.45, 2.75) is 0 Å². The molecule has 0 amide bonds. The van der Waals surface area contributed by atoms with Crippen LogP contribution in [0.15, 0.2) is 30.3 Å². The molecule has 0 radical (unpaired) electrons. The molecule has 7 heteroatoms. The second-order valence-electron chi connectivity index (χ2n) is 3.65. The lowest BCUT2D eigenvalue weighted by atomic mass is 10.2. The van der Waals surface area contributed by atoms with Crippen molar-refractivity contribution in [1.82, 2.24) is 9.97 Å². The summed E-state index contributed by atoms with van der Waals surface area (Å²) in [5.74, 6) is -0.294. The number of nitrogens with zero attached hydrogens (tertiary/aromatic N) is 2. The van der Waals surface area contributed by atoms with Crippen LogP contribution in [0.1, 0.15) is 10.4 Å². The Bertz CT molecular complexity index is 590. The topological polar surface area (TPSA) is 93.6 Å². The zero-order valence-electron chi connectivity index (χ0n) is 10.8. The summed E-state index contributed by atoms with van der Waals surface area (Å²) >= 11 is 0. The van der Waals surface area contributed by atoms with Gasteiger partial charge in [-0.25, -0.2) is 0 Å². The molecule has 0 fully saturated rings. The summed E-state index contributed by atoms with van der Waals surface area (Å²) in [6.45, 7) is 0. The molecule has 0 N–H and O–H groups in total. The fraction of sp³-hybridized carbons (Fsp3) is 0.154. The van der Waals surface area contributed by atoms with Gasteiger partial charge in [0, 0.05) is 0 Å². The number of benzene rings is 1. The fourth-order valence-corrected chi connectivity index (χ4v) is 1.40. The zero-order chi connectivity index (χ0) is 14.5. The first-order valence-corrected chi connectivity index (χ1v) is 5.58. The lowest BCUT2D eigenvalue weighted by molar-refractivity contribution is -0.255. The first-order chi connectivity index (χ1) is 9.62. The highest BCUT2D eigenvalue weighted by Gasteiger charge is 2.07. The molecule has 0 atom stereocenters. The van der Waals surface area contributed by atoms with Crippen LogP contribution in [0.25, 0.3) is 0 Å². The lowest BCUT2D eigenvalue weighted by Gasteiger charge is -2.08. The van der Waals surface area contributed by atoms with E-state index >= 15 is 0 Å². The molecule has 0 bridgehead atoms. The van der Waals surface area contributed by atoms with E-state index in [1.165, 1.54) is 44.6 Å². The van der Waals surface area contributed by atoms with E-state index in [4.69, 9.17) is 14.2 Å². The molecule has 0 saturated carbocycles. The van der Waals surface area contributed by atoms with Crippen molar-refractivity contribution in [3.05, 3.63) is 35.9 Å². The number of aromatic nitrogens is 2. The quantitative estimate of drug-likeness (QED) is 0.790. The van der Waals surface area contributed by atoms with Crippen molar-refractivity contribution in [2.75, 3.05) is 14.2 Å². The lowest BCUT2D eigenvalue weighted by Crippen LogP contribution is -2.21. The molecule has 0 aliphatic carbocycles. The first kappa shape index (κ1) is 13.6. The summed E-state index contributed by atoms with van der Waals surface area (Å²) in [4.78, 5) is 18.6. The highest BCUT2D eigenvalue weighted by Crippen LogP contribution is 2.23. The molecule has 1 aromatic carbocycles. The number of methoxy groups -OCH3 is 2. The first-order valence-electron chi connectivity index (χ1n) is 5.58. The number of carbonyl (C=O) groups is 1. The Balaban J connectivity index is 2.22. The van der Waals surface area contributed by atoms with Gasteiger partial charge in [-0.3, -0.25) is 0 Å². The molecule has 7 nitrogen and oxygen atoms in total. The van der Waals surface area contributed by atoms with Gasteiger partial charge in [0.15, 0.2) is 0 Å². The Morgan fingerprint density at radius 3 is 2.05 bits per heavy atom. The number of rotatable bonds is 5. The maximum absolute atomic E-state index is 10.6. The van der Waals surface area contributed by atoms with Crippen LogP contribution in [-0.4, -0.2) is 30.2 Å². The predicted octanol–water partition coefficient (Wildman–Crippen LogP) is 0.650. The smallest absolute Gasteiger partial charge is 0.328 e. The maximum atomic E-state index is 10.6. The standard InChI is InChI=1S/C13H12N2O5/c1-18-10-7-11(19-2)15-13(14-10)20-9-5-3-8(4-6-9)12(16)17/h3-7H,1-2H3,(H,16,17)/p-1. The molecule has 0 spiro atoms. The Morgan fingerprint density at radius 2 is 1.60 bits per heavy atom. The van der Waals surface area contributed by atoms with E-state index in [1.807, 2.05) is 0 Å². The minimum absolute atomic E-state index is 0.0300. The average molecular weight is 275 g/mol. The Hall–Kier alpha value is -2.83. The average Bonchev–Trinajstić information content (AvgIpc) is 2.47. The van der Waals surface area contributed by atoms with E-state index in [0.717, 1.165) is 0 Å². The van der Waals surface area contributed by atoms with Gasteiger partial charge in [-0.05, 0) is 29.8 Å². The third-order valence-corrected chi connectivity index (χ3v) is 2.38.